The van der Waals surface area contributed by atoms with Gasteiger partial charge in [-0.1, -0.05) is 72.8 Å². The lowest BCUT2D eigenvalue weighted by Gasteiger charge is -2.31. The Morgan fingerprint density at radius 2 is 1.45 bits per heavy atom. The first-order valence-corrected chi connectivity index (χ1v) is 17.2. The van der Waals surface area contributed by atoms with Gasteiger partial charge in [-0.05, 0) is 80.4 Å². The van der Waals surface area contributed by atoms with Crippen LogP contribution in [0.4, 0.5) is 16.2 Å². The van der Waals surface area contributed by atoms with Crippen LogP contribution in [0.5, 0.6) is 5.75 Å². The summed E-state index contributed by atoms with van der Waals surface area (Å²) in [6.07, 6.45) is 2.30. The summed E-state index contributed by atoms with van der Waals surface area (Å²) in [6, 6.07) is 33.9. The summed E-state index contributed by atoms with van der Waals surface area (Å²) < 4.78 is 11.6. The van der Waals surface area contributed by atoms with E-state index in [2.05, 4.69) is 52.0 Å². The maximum atomic E-state index is 12.7. The lowest BCUT2D eigenvalue weighted by Crippen LogP contribution is -2.39. The largest absolute Gasteiger partial charge is 0.494 e. The number of carbonyl (C=O) groups excluding carboxylic acids is 2. The van der Waals surface area contributed by atoms with Crippen LogP contribution in [-0.2, 0) is 22.6 Å². The maximum Gasteiger partial charge on any atom is 0.411 e. The predicted octanol–water partition coefficient (Wildman–Crippen LogP) is 7.02. The van der Waals surface area contributed by atoms with E-state index in [4.69, 9.17) is 9.47 Å². The van der Waals surface area contributed by atoms with E-state index in [-0.39, 0.29) is 12.0 Å². The number of para-hydroxylation sites is 1. The van der Waals surface area contributed by atoms with Crippen LogP contribution < -0.4 is 20.7 Å². The molecule has 0 aromatic heterocycles. The number of piperidine rings is 1. The SMILES string of the molecule is CN(C)CCCOc1ccc(CNCc2ccc(NC(=O)CCN3CCC(OC(=O)Nc4ccccc4-c4ccccc4)CC3)cc2)cc1. The summed E-state index contributed by atoms with van der Waals surface area (Å²) in [5.74, 6) is 0.892. The number of rotatable bonds is 16. The Balaban J connectivity index is 0.946. The molecule has 0 radical (unpaired) electrons. The zero-order valence-corrected chi connectivity index (χ0v) is 28.7. The van der Waals surface area contributed by atoms with Crippen molar-refractivity contribution in [1.29, 1.82) is 0 Å². The van der Waals surface area contributed by atoms with Crippen LogP contribution >= 0.6 is 0 Å². The van der Waals surface area contributed by atoms with E-state index in [0.717, 1.165) is 92.4 Å². The Kier molecular flexibility index (Phi) is 13.6. The topological polar surface area (TPSA) is 95.2 Å². The first-order chi connectivity index (χ1) is 23.9. The van der Waals surface area contributed by atoms with Crippen LogP contribution in [-0.4, -0.2) is 74.8 Å². The molecule has 9 nitrogen and oxygen atoms in total. The molecule has 1 aliphatic heterocycles. The van der Waals surface area contributed by atoms with Gasteiger partial charge >= 0.3 is 6.09 Å². The first-order valence-electron chi connectivity index (χ1n) is 17.2. The fraction of sp³-hybridized carbons (Fsp3) is 0.350. The fourth-order valence-electron chi connectivity index (χ4n) is 5.82. The van der Waals surface area contributed by atoms with Gasteiger partial charge in [-0.25, -0.2) is 4.79 Å². The van der Waals surface area contributed by atoms with Gasteiger partial charge in [0.05, 0.1) is 12.3 Å². The van der Waals surface area contributed by atoms with Gasteiger partial charge in [0.25, 0.3) is 0 Å². The Bertz CT molecular complexity index is 1590. The van der Waals surface area contributed by atoms with Crippen molar-refractivity contribution in [2.75, 3.05) is 57.5 Å². The number of nitrogens with zero attached hydrogens (tertiary/aromatic N) is 2. The van der Waals surface area contributed by atoms with Gasteiger partial charge in [0, 0.05) is 56.9 Å². The van der Waals surface area contributed by atoms with Crippen molar-refractivity contribution < 1.29 is 19.1 Å². The van der Waals surface area contributed by atoms with Crippen LogP contribution in [0.25, 0.3) is 11.1 Å². The van der Waals surface area contributed by atoms with Crippen LogP contribution in [0.1, 0.15) is 36.8 Å². The zero-order valence-electron chi connectivity index (χ0n) is 28.7. The highest BCUT2D eigenvalue weighted by molar-refractivity contribution is 5.92. The molecule has 3 N–H and O–H groups in total. The molecule has 1 heterocycles. The van der Waals surface area contributed by atoms with E-state index in [1.165, 1.54) is 5.56 Å². The van der Waals surface area contributed by atoms with Gasteiger partial charge in [-0.3, -0.25) is 10.1 Å². The van der Waals surface area contributed by atoms with Crippen molar-refractivity contribution in [2.24, 2.45) is 0 Å². The first kappa shape index (κ1) is 35.6. The second-order valence-corrected chi connectivity index (χ2v) is 12.7. The van der Waals surface area contributed by atoms with Gasteiger partial charge in [0.2, 0.25) is 5.91 Å². The average Bonchev–Trinajstić information content (AvgIpc) is 3.12. The molecule has 1 fully saturated rings. The van der Waals surface area contributed by atoms with Crippen molar-refractivity contribution in [3.63, 3.8) is 0 Å². The Labute approximate surface area is 290 Å². The minimum absolute atomic E-state index is 0.00849. The van der Waals surface area contributed by atoms with Crippen molar-refractivity contribution >= 4 is 23.4 Å². The third kappa shape index (κ3) is 12.0. The molecular weight excluding hydrogens is 614 g/mol. The third-order valence-electron chi connectivity index (χ3n) is 8.55. The van der Waals surface area contributed by atoms with Gasteiger partial charge in [-0.2, -0.15) is 0 Å². The second-order valence-electron chi connectivity index (χ2n) is 12.7. The van der Waals surface area contributed by atoms with E-state index in [9.17, 15) is 9.59 Å². The Hall–Kier alpha value is -4.70. The molecule has 4 aromatic rings. The summed E-state index contributed by atoms with van der Waals surface area (Å²) in [4.78, 5) is 29.8. The Morgan fingerprint density at radius 3 is 2.14 bits per heavy atom. The van der Waals surface area contributed by atoms with E-state index in [0.29, 0.717) is 13.0 Å². The highest BCUT2D eigenvalue weighted by atomic mass is 16.6. The molecule has 0 atom stereocenters. The number of likely N-dealkylation sites (tertiary alicyclic amines) is 1. The van der Waals surface area contributed by atoms with Gasteiger partial charge < -0.3 is 29.9 Å². The zero-order chi connectivity index (χ0) is 34.3. The van der Waals surface area contributed by atoms with Gasteiger partial charge in [0.1, 0.15) is 11.9 Å². The number of benzene rings is 4. The molecule has 9 heteroatoms. The van der Waals surface area contributed by atoms with Crippen LogP contribution in [0.15, 0.2) is 103 Å². The molecule has 0 unspecified atom stereocenters. The number of ether oxygens (including phenoxy) is 2. The minimum Gasteiger partial charge on any atom is -0.494 e. The van der Waals surface area contributed by atoms with E-state index in [1.54, 1.807) is 0 Å². The van der Waals surface area contributed by atoms with Crippen LogP contribution in [0.3, 0.4) is 0 Å². The summed E-state index contributed by atoms with van der Waals surface area (Å²) in [5.41, 5.74) is 5.86. The number of anilines is 2. The predicted molar refractivity (Wildman–Crippen MR) is 197 cm³/mol. The summed E-state index contributed by atoms with van der Waals surface area (Å²) in [6.45, 7) is 5.46. The van der Waals surface area contributed by atoms with Gasteiger partial charge in [0.15, 0.2) is 0 Å². The molecule has 1 aliphatic rings. The van der Waals surface area contributed by atoms with E-state index in [1.807, 2.05) is 91.0 Å². The molecular formula is C40H49N5O4. The molecule has 2 amide bonds. The standard InChI is InChI=1S/C40H49N5O4/c1-44(2)24-8-28-48-35-19-15-32(16-20-35)30-41-29-31-13-17-34(18-14-31)42-39(46)23-27-45-25-21-36(22-26-45)49-40(47)43-38-12-7-6-11-37(38)33-9-4-3-5-10-33/h3-7,9-20,36,41H,8,21-30H2,1-2H3,(H,42,46)(H,43,47). The quantitative estimate of drug-likeness (QED) is 0.111. The number of hydrogen-bond donors (Lipinski definition) is 3. The normalized spacial score (nSPS) is 13.6. The molecule has 0 spiro atoms. The summed E-state index contributed by atoms with van der Waals surface area (Å²) in [5, 5.41) is 9.42. The number of nitrogens with one attached hydrogen (secondary N) is 3. The van der Waals surface area contributed by atoms with E-state index < -0.39 is 6.09 Å². The van der Waals surface area contributed by atoms with Crippen LogP contribution in [0.2, 0.25) is 0 Å². The monoisotopic (exact) mass is 663 g/mol. The number of hydrogen-bond acceptors (Lipinski definition) is 7. The van der Waals surface area contributed by atoms with Crippen LogP contribution in [0, 0.1) is 0 Å². The lowest BCUT2D eigenvalue weighted by atomic mass is 10.0. The molecule has 0 saturated carbocycles. The molecule has 49 heavy (non-hydrogen) atoms. The van der Waals surface area contributed by atoms with E-state index >= 15 is 0 Å². The fourth-order valence-corrected chi connectivity index (χ4v) is 5.82. The summed E-state index contributed by atoms with van der Waals surface area (Å²) in [7, 11) is 4.14. The molecule has 0 aliphatic carbocycles. The minimum atomic E-state index is -0.439. The highest BCUT2D eigenvalue weighted by Gasteiger charge is 2.23. The van der Waals surface area contributed by atoms with Crippen molar-refractivity contribution in [2.45, 2.75) is 44.9 Å². The average molecular weight is 664 g/mol. The number of amides is 2. The molecule has 4 aromatic carbocycles. The highest BCUT2D eigenvalue weighted by Crippen LogP contribution is 2.28. The maximum absolute atomic E-state index is 12.7. The van der Waals surface area contributed by atoms with Gasteiger partial charge in [-0.15, -0.1) is 0 Å². The molecule has 5 rings (SSSR count). The molecule has 258 valence electrons. The smallest absolute Gasteiger partial charge is 0.411 e. The summed E-state index contributed by atoms with van der Waals surface area (Å²) >= 11 is 0. The number of carbonyl (C=O) groups is 2. The second kappa shape index (κ2) is 18.7. The lowest BCUT2D eigenvalue weighted by molar-refractivity contribution is -0.116. The molecule has 1 saturated heterocycles. The Morgan fingerprint density at radius 1 is 0.796 bits per heavy atom. The van der Waals surface area contributed by atoms with Crippen molar-refractivity contribution in [3.8, 4) is 16.9 Å². The van der Waals surface area contributed by atoms with Crippen molar-refractivity contribution in [3.05, 3.63) is 114 Å². The molecule has 0 bridgehead atoms. The third-order valence-corrected chi connectivity index (χ3v) is 8.55. The van der Waals surface area contributed by atoms with Crippen molar-refractivity contribution in [1.82, 2.24) is 15.1 Å².